The summed E-state index contributed by atoms with van der Waals surface area (Å²) in [5, 5.41) is 0. The summed E-state index contributed by atoms with van der Waals surface area (Å²) in [5.74, 6) is 1.79. The standard InChI is InChI=1S/C29H43N5O6/c1-31(19-21-17-22(38-4)26(40-6)23(18-21)39-5)24(35)15-13-11-9-7-8-10-12-14-16-34-28(36)25-27(30-20-32(25)2)33(3)29(34)37/h17-18,20H,7-16,19H2,1-6H3. The number of fused-ring (bicyclic) bond motifs is 1. The van der Waals surface area contributed by atoms with E-state index >= 15 is 0 Å². The van der Waals surface area contributed by atoms with Crippen LogP contribution in [0.1, 0.15) is 63.4 Å². The molecule has 2 aromatic heterocycles. The summed E-state index contributed by atoms with van der Waals surface area (Å²) in [6, 6.07) is 3.73. The average molecular weight is 558 g/mol. The third-order valence-electron chi connectivity index (χ3n) is 7.29. The number of hydrogen-bond acceptors (Lipinski definition) is 7. The fraction of sp³-hybridized carbons (Fsp3) is 0.586. The second-order valence-corrected chi connectivity index (χ2v) is 10.2. The molecule has 0 unspecified atom stereocenters. The second kappa shape index (κ2) is 14.6. The lowest BCUT2D eigenvalue weighted by Gasteiger charge is -2.19. The van der Waals surface area contributed by atoms with Crippen molar-refractivity contribution < 1.29 is 19.0 Å². The van der Waals surface area contributed by atoms with Gasteiger partial charge in [0.15, 0.2) is 22.7 Å². The number of methoxy groups -OCH3 is 3. The van der Waals surface area contributed by atoms with Gasteiger partial charge in [-0.15, -0.1) is 0 Å². The molecule has 11 nitrogen and oxygen atoms in total. The van der Waals surface area contributed by atoms with Crippen LogP contribution in [0, 0.1) is 0 Å². The Morgan fingerprint density at radius 1 is 0.875 bits per heavy atom. The van der Waals surface area contributed by atoms with Gasteiger partial charge in [-0.05, 0) is 30.5 Å². The van der Waals surface area contributed by atoms with Gasteiger partial charge in [0.05, 0.1) is 27.7 Å². The van der Waals surface area contributed by atoms with Gasteiger partial charge in [-0.1, -0.05) is 38.5 Å². The number of carbonyl (C=O) groups is 1. The van der Waals surface area contributed by atoms with E-state index in [1.165, 1.54) is 9.13 Å². The van der Waals surface area contributed by atoms with E-state index < -0.39 is 0 Å². The minimum absolute atomic E-state index is 0.111. The smallest absolute Gasteiger partial charge is 0.332 e. The number of benzene rings is 1. The minimum atomic E-state index is -0.320. The Labute approximate surface area is 235 Å². The molecular weight excluding hydrogens is 514 g/mol. The maximum absolute atomic E-state index is 12.8. The molecule has 3 aromatic rings. The Bertz CT molecular complexity index is 1380. The number of imidazole rings is 1. The molecule has 40 heavy (non-hydrogen) atoms. The lowest BCUT2D eigenvalue weighted by Crippen LogP contribution is -2.39. The van der Waals surface area contributed by atoms with Crippen molar-refractivity contribution >= 4 is 17.1 Å². The molecule has 3 rings (SSSR count). The first kappa shape index (κ1) is 30.8. The number of rotatable bonds is 16. The van der Waals surface area contributed by atoms with Crippen molar-refractivity contribution in [2.75, 3.05) is 28.4 Å². The molecule has 2 heterocycles. The number of hydrogen-bond donors (Lipinski definition) is 0. The van der Waals surface area contributed by atoms with E-state index in [0.717, 1.165) is 56.9 Å². The zero-order valence-electron chi connectivity index (χ0n) is 24.7. The monoisotopic (exact) mass is 557 g/mol. The largest absolute Gasteiger partial charge is 0.493 e. The van der Waals surface area contributed by atoms with Crippen molar-refractivity contribution in [3.63, 3.8) is 0 Å². The normalized spacial score (nSPS) is 11.2. The molecule has 0 saturated heterocycles. The van der Waals surface area contributed by atoms with E-state index in [1.807, 2.05) is 19.2 Å². The Kier molecular flexibility index (Phi) is 11.2. The summed E-state index contributed by atoms with van der Waals surface area (Å²) < 4.78 is 20.6. The molecule has 0 saturated carbocycles. The van der Waals surface area contributed by atoms with Gasteiger partial charge in [-0.3, -0.25) is 18.7 Å². The van der Waals surface area contributed by atoms with Gasteiger partial charge in [0, 0.05) is 40.7 Å². The predicted molar refractivity (Wildman–Crippen MR) is 154 cm³/mol. The molecule has 0 N–H and O–H groups in total. The van der Waals surface area contributed by atoms with Gasteiger partial charge in [0.2, 0.25) is 11.7 Å². The van der Waals surface area contributed by atoms with Crippen molar-refractivity contribution in [2.24, 2.45) is 14.1 Å². The molecule has 0 aliphatic carbocycles. The maximum Gasteiger partial charge on any atom is 0.332 e. The van der Waals surface area contributed by atoms with Crippen LogP contribution in [0.2, 0.25) is 0 Å². The molecule has 1 amide bonds. The zero-order valence-corrected chi connectivity index (χ0v) is 24.7. The molecular formula is C29H43N5O6. The molecule has 0 radical (unpaired) electrons. The van der Waals surface area contributed by atoms with Gasteiger partial charge >= 0.3 is 5.69 Å². The first-order valence-electron chi connectivity index (χ1n) is 13.9. The third-order valence-corrected chi connectivity index (χ3v) is 7.29. The second-order valence-electron chi connectivity index (χ2n) is 10.2. The van der Waals surface area contributed by atoms with Crippen molar-refractivity contribution in [1.29, 1.82) is 0 Å². The van der Waals surface area contributed by atoms with Crippen LogP contribution in [0.4, 0.5) is 0 Å². The lowest BCUT2D eigenvalue weighted by atomic mass is 10.1. The number of aromatic nitrogens is 4. The highest BCUT2D eigenvalue weighted by molar-refractivity contribution is 5.76. The SMILES string of the molecule is COc1cc(CN(C)C(=O)CCCCCCCCCCn2c(=O)c3c(ncn3C)n(C)c2=O)cc(OC)c1OC. The summed E-state index contributed by atoms with van der Waals surface area (Å²) in [6.45, 7) is 0.877. The molecule has 0 aliphatic rings. The average Bonchev–Trinajstić information content (AvgIpc) is 3.35. The van der Waals surface area contributed by atoms with E-state index in [9.17, 15) is 14.4 Å². The molecule has 0 spiro atoms. The molecule has 11 heteroatoms. The van der Waals surface area contributed by atoms with Crippen LogP contribution in [-0.2, 0) is 32.0 Å². The highest BCUT2D eigenvalue weighted by atomic mass is 16.5. The maximum atomic E-state index is 12.8. The lowest BCUT2D eigenvalue weighted by molar-refractivity contribution is -0.130. The van der Waals surface area contributed by atoms with Crippen molar-refractivity contribution in [3.05, 3.63) is 44.9 Å². The first-order chi connectivity index (χ1) is 19.2. The topological polar surface area (TPSA) is 110 Å². The molecule has 0 bridgehead atoms. The van der Waals surface area contributed by atoms with Crippen LogP contribution >= 0.6 is 0 Å². The van der Waals surface area contributed by atoms with E-state index in [0.29, 0.717) is 47.9 Å². The third kappa shape index (κ3) is 7.25. The summed E-state index contributed by atoms with van der Waals surface area (Å²) in [5.41, 5.74) is 1.18. The molecule has 220 valence electrons. The number of aryl methyl sites for hydroxylation is 2. The predicted octanol–water partition coefficient (Wildman–Crippen LogP) is 3.63. The number of unbranched alkanes of at least 4 members (excludes halogenated alkanes) is 7. The van der Waals surface area contributed by atoms with Crippen LogP contribution in [0.25, 0.3) is 11.2 Å². The summed E-state index contributed by atoms with van der Waals surface area (Å²) in [4.78, 5) is 43.9. The molecule has 0 aliphatic heterocycles. The summed E-state index contributed by atoms with van der Waals surface area (Å²) in [7, 11) is 9.93. The fourth-order valence-corrected chi connectivity index (χ4v) is 4.98. The van der Waals surface area contributed by atoms with Crippen molar-refractivity contribution in [3.8, 4) is 17.2 Å². The van der Waals surface area contributed by atoms with Crippen molar-refractivity contribution in [2.45, 2.75) is 70.9 Å². The molecule has 0 atom stereocenters. The van der Waals surface area contributed by atoms with Crippen LogP contribution < -0.4 is 25.5 Å². The van der Waals surface area contributed by atoms with Crippen LogP contribution in [0.3, 0.4) is 0 Å². The Morgan fingerprint density at radius 2 is 1.45 bits per heavy atom. The Morgan fingerprint density at radius 3 is 2.02 bits per heavy atom. The van der Waals surface area contributed by atoms with Gasteiger partial charge in [-0.2, -0.15) is 0 Å². The van der Waals surface area contributed by atoms with Crippen molar-refractivity contribution in [1.82, 2.24) is 23.6 Å². The highest BCUT2D eigenvalue weighted by Crippen LogP contribution is 2.38. The Balaban J connectivity index is 1.32. The van der Waals surface area contributed by atoms with E-state index in [-0.39, 0.29) is 17.2 Å². The molecule has 0 fully saturated rings. The van der Waals surface area contributed by atoms with E-state index in [4.69, 9.17) is 14.2 Å². The fourth-order valence-electron chi connectivity index (χ4n) is 4.98. The van der Waals surface area contributed by atoms with Gasteiger partial charge < -0.3 is 23.7 Å². The quantitative estimate of drug-likeness (QED) is 0.247. The van der Waals surface area contributed by atoms with Gasteiger partial charge in [0.1, 0.15) is 0 Å². The summed E-state index contributed by atoms with van der Waals surface area (Å²) in [6.07, 6.45) is 10.0. The number of ether oxygens (including phenoxy) is 3. The first-order valence-corrected chi connectivity index (χ1v) is 13.9. The number of nitrogens with zero attached hydrogens (tertiary/aromatic N) is 5. The Hall–Kier alpha value is -3.76. The molecule has 1 aromatic carbocycles. The van der Waals surface area contributed by atoms with Gasteiger partial charge in [-0.25, -0.2) is 9.78 Å². The van der Waals surface area contributed by atoms with Gasteiger partial charge in [0.25, 0.3) is 5.56 Å². The minimum Gasteiger partial charge on any atom is -0.493 e. The van der Waals surface area contributed by atoms with Crippen LogP contribution in [0.15, 0.2) is 28.0 Å². The van der Waals surface area contributed by atoms with E-state index in [1.54, 1.807) is 51.2 Å². The number of carbonyl (C=O) groups excluding carboxylic acids is 1. The zero-order chi connectivity index (χ0) is 29.2. The number of amides is 1. The van der Waals surface area contributed by atoms with Crippen LogP contribution in [-0.4, -0.2) is 57.9 Å². The van der Waals surface area contributed by atoms with Crippen LogP contribution in [0.5, 0.6) is 17.2 Å². The highest BCUT2D eigenvalue weighted by Gasteiger charge is 2.16. The summed E-state index contributed by atoms with van der Waals surface area (Å²) >= 11 is 0. The van der Waals surface area contributed by atoms with E-state index in [2.05, 4.69) is 4.98 Å².